The van der Waals surface area contributed by atoms with E-state index in [1.807, 2.05) is 19.0 Å². The van der Waals surface area contributed by atoms with Crippen molar-refractivity contribution >= 4 is 15.9 Å². The molecule has 2 aromatic rings. The molecular formula is C19H24FN3O3S. The summed E-state index contributed by atoms with van der Waals surface area (Å²) in [5, 5.41) is 2.77. The maximum atomic E-state index is 13.6. The first-order valence-electron chi connectivity index (χ1n) is 8.55. The van der Waals surface area contributed by atoms with E-state index in [2.05, 4.69) is 10.0 Å². The van der Waals surface area contributed by atoms with Crippen LogP contribution in [-0.4, -0.2) is 46.4 Å². The molecule has 0 spiro atoms. The minimum absolute atomic E-state index is 0.0419. The first-order chi connectivity index (χ1) is 12.8. The van der Waals surface area contributed by atoms with E-state index in [4.69, 9.17) is 0 Å². The van der Waals surface area contributed by atoms with Crippen molar-refractivity contribution in [3.05, 3.63) is 65.5 Å². The van der Waals surface area contributed by atoms with Crippen LogP contribution in [0.4, 0.5) is 4.39 Å². The molecule has 0 aliphatic heterocycles. The number of rotatable bonds is 9. The molecule has 0 aliphatic carbocycles. The van der Waals surface area contributed by atoms with Gasteiger partial charge in [-0.1, -0.05) is 24.3 Å². The zero-order valence-corrected chi connectivity index (χ0v) is 16.2. The molecule has 6 nitrogen and oxygen atoms in total. The van der Waals surface area contributed by atoms with Crippen molar-refractivity contribution in [3.8, 4) is 0 Å². The summed E-state index contributed by atoms with van der Waals surface area (Å²) in [6.45, 7) is 1.17. The van der Waals surface area contributed by atoms with Crippen molar-refractivity contribution in [1.82, 2.24) is 14.9 Å². The molecule has 1 amide bonds. The Morgan fingerprint density at radius 2 is 1.85 bits per heavy atom. The third-order valence-corrected chi connectivity index (χ3v) is 5.28. The molecule has 0 bridgehead atoms. The molecule has 0 fully saturated rings. The van der Waals surface area contributed by atoms with Gasteiger partial charge in [-0.15, -0.1) is 0 Å². The Bertz CT molecular complexity index is 885. The quantitative estimate of drug-likeness (QED) is 0.639. The lowest BCUT2D eigenvalue weighted by atomic mass is 10.2. The molecule has 8 heteroatoms. The lowest BCUT2D eigenvalue weighted by molar-refractivity contribution is 0.0952. The van der Waals surface area contributed by atoms with Gasteiger partial charge < -0.3 is 10.2 Å². The van der Waals surface area contributed by atoms with Crippen molar-refractivity contribution in [2.24, 2.45) is 0 Å². The molecule has 0 atom stereocenters. The average molecular weight is 393 g/mol. The van der Waals surface area contributed by atoms with Crippen LogP contribution in [0.1, 0.15) is 22.3 Å². The zero-order valence-electron chi connectivity index (χ0n) is 15.4. The van der Waals surface area contributed by atoms with E-state index in [9.17, 15) is 17.6 Å². The smallest absolute Gasteiger partial charge is 0.251 e. The molecular weight excluding hydrogens is 369 g/mol. The summed E-state index contributed by atoms with van der Waals surface area (Å²) in [5.74, 6) is -0.814. The Balaban J connectivity index is 2.02. The fourth-order valence-corrected chi connectivity index (χ4v) is 3.45. The number of carbonyl (C=O) groups excluding carboxylic acids is 1. The van der Waals surface area contributed by atoms with Gasteiger partial charge in [0.25, 0.3) is 5.91 Å². The fraction of sp³-hybridized carbons (Fsp3) is 0.316. The molecule has 0 saturated carbocycles. The van der Waals surface area contributed by atoms with Crippen LogP contribution in [0.2, 0.25) is 0 Å². The number of nitrogens with zero attached hydrogens (tertiary/aromatic N) is 1. The maximum Gasteiger partial charge on any atom is 0.251 e. The number of sulfonamides is 1. The number of nitrogens with one attached hydrogen (secondary N) is 2. The summed E-state index contributed by atoms with van der Waals surface area (Å²) in [4.78, 5) is 14.2. The summed E-state index contributed by atoms with van der Waals surface area (Å²) in [5.41, 5.74) is 0.504. The van der Waals surface area contributed by atoms with Gasteiger partial charge in [-0.05, 0) is 51.3 Å². The minimum Gasteiger partial charge on any atom is -0.352 e. The van der Waals surface area contributed by atoms with Gasteiger partial charge in [-0.3, -0.25) is 4.79 Å². The third-order valence-electron chi connectivity index (χ3n) is 3.88. The first-order valence-corrected chi connectivity index (χ1v) is 10.0. The van der Waals surface area contributed by atoms with E-state index < -0.39 is 15.8 Å². The molecule has 0 aromatic heterocycles. The Labute approximate surface area is 159 Å². The highest BCUT2D eigenvalue weighted by Gasteiger charge is 2.16. The Morgan fingerprint density at radius 1 is 1.11 bits per heavy atom. The Kier molecular flexibility index (Phi) is 7.46. The van der Waals surface area contributed by atoms with Crippen molar-refractivity contribution in [3.63, 3.8) is 0 Å². The Hall–Kier alpha value is -2.29. The second kappa shape index (κ2) is 9.59. The van der Waals surface area contributed by atoms with Crippen LogP contribution in [0.25, 0.3) is 0 Å². The first kappa shape index (κ1) is 21.0. The number of hydrogen-bond donors (Lipinski definition) is 2. The normalized spacial score (nSPS) is 11.6. The number of carbonyl (C=O) groups is 1. The van der Waals surface area contributed by atoms with Crippen LogP contribution in [0.5, 0.6) is 0 Å². The lowest BCUT2D eigenvalue weighted by Gasteiger charge is -2.11. The largest absolute Gasteiger partial charge is 0.352 e. The number of halogens is 1. The van der Waals surface area contributed by atoms with Crippen LogP contribution in [0.15, 0.2) is 53.4 Å². The highest BCUT2D eigenvalue weighted by atomic mass is 32.2. The molecule has 0 heterocycles. The molecule has 0 radical (unpaired) electrons. The van der Waals surface area contributed by atoms with Gasteiger partial charge in [0, 0.05) is 24.2 Å². The number of benzene rings is 2. The molecule has 146 valence electrons. The molecule has 0 saturated heterocycles. The van der Waals surface area contributed by atoms with Crippen LogP contribution < -0.4 is 10.0 Å². The fourth-order valence-electron chi connectivity index (χ4n) is 2.40. The topological polar surface area (TPSA) is 78.5 Å². The van der Waals surface area contributed by atoms with Crippen LogP contribution >= 0.6 is 0 Å². The number of amides is 1. The van der Waals surface area contributed by atoms with Gasteiger partial charge in [0.05, 0.1) is 4.90 Å². The predicted molar refractivity (Wildman–Crippen MR) is 102 cm³/mol. The van der Waals surface area contributed by atoms with Gasteiger partial charge >= 0.3 is 0 Å². The van der Waals surface area contributed by atoms with E-state index in [-0.39, 0.29) is 28.5 Å². The highest BCUT2D eigenvalue weighted by Crippen LogP contribution is 2.13. The highest BCUT2D eigenvalue weighted by molar-refractivity contribution is 7.89. The predicted octanol–water partition coefficient (Wildman–Crippen LogP) is 1.99. The van der Waals surface area contributed by atoms with Crippen LogP contribution in [-0.2, 0) is 16.6 Å². The lowest BCUT2D eigenvalue weighted by Crippen LogP contribution is -2.28. The molecule has 0 aliphatic rings. The van der Waals surface area contributed by atoms with Gasteiger partial charge in [0.1, 0.15) is 5.82 Å². The summed E-state index contributed by atoms with van der Waals surface area (Å²) in [7, 11) is 0.0268. The summed E-state index contributed by atoms with van der Waals surface area (Å²) < 4.78 is 40.9. The van der Waals surface area contributed by atoms with Gasteiger partial charge in [-0.25, -0.2) is 17.5 Å². The number of hydrogen-bond acceptors (Lipinski definition) is 4. The SMILES string of the molecule is CN(C)CCCNC(=O)c1cccc(S(=O)(=O)NCc2ccccc2F)c1. The third kappa shape index (κ3) is 6.42. The van der Waals surface area contributed by atoms with Crippen LogP contribution in [0, 0.1) is 5.82 Å². The molecule has 2 aromatic carbocycles. The second-order valence-electron chi connectivity index (χ2n) is 6.36. The Morgan fingerprint density at radius 3 is 2.56 bits per heavy atom. The minimum atomic E-state index is -3.87. The van der Waals surface area contributed by atoms with Gasteiger partial charge in [-0.2, -0.15) is 0 Å². The van der Waals surface area contributed by atoms with E-state index in [1.54, 1.807) is 12.1 Å². The van der Waals surface area contributed by atoms with Crippen molar-refractivity contribution in [1.29, 1.82) is 0 Å². The average Bonchev–Trinajstić information content (AvgIpc) is 2.64. The summed E-state index contributed by atoms with van der Waals surface area (Å²) >= 11 is 0. The zero-order chi connectivity index (χ0) is 19.9. The summed E-state index contributed by atoms with van der Waals surface area (Å²) in [6, 6.07) is 11.7. The van der Waals surface area contributed by atoms with Gasteiger partial charge in [0.2, 0.25) is 10.0 Å². The summed E-state index contributed by atoms with van der Waals surface area (Å²) in [6.07, 6.45) is 0.793. The van der Waals surface area contributed by atoms with E-state index >= 15 is 0 Å². The standard InChI is InChI=1S/C19H24FN3O3S/c1-23(2)12-6-11-21-19(24)15-8-5-9-17(13-15)27(25,26)22-14-16-7-3-4-10-18(16)20/h3-5,7-10,13,22H,6,11-12,14H2,1-2H3,(H,21,24). The molecule has 2 N–H and O–H groups in total. The van der Waals surface area contributed by atoms with Crippen molar-refractivity contribution in [2.45, 2.75) is 17.9 Å². The monoisotopic (exact) mass is 393 g/mol. The van der Waals surface area contributed by atoms with E-state index in [1.165, 1.54) is 36.4 Å². The van der Waals surface area contributed by atoms with Crippen LogP contribution in [0.3, 0.4) is 0 Å². The van der Waals surface area contributed by atoms with Crippen molar-refractivity contribution < 1.29 is 17.6 Å². The molecule has 2 rings (SSSR count). The van der Waals surface area contributed by atoms with Gasteiger partial charge in [0.15, 0.2) is 0 Å². The second-order valence-corrected chi connectivity index (χ2v) is 8.12. The van der Waals surface area contributed by atoms with Crippen molar-refractivity contribution in [2.75, 3.05) is 27.2 Å². The molecule has 0 unspecified atom stereocenters. The van der Waals surface area contributed by atoms with E-state index in [0.29, 0.717) is 6.54 Å². The maximum absolute atomic E-state index is 13.6. The van der Waals surface area contributed by atoms with E-state index in [0.717, 1.165) is 13.0 Å². The molecule has 27 heavy (non-hydrogen) atoms.